The number of nitrogens with two attached hydrogens (primary N) is 1. The lowest BCUT2D eigenvalue weighted by atomic mass is 10.2. The van der Waals surface area contributed by atoms with Crippen LogP contribution in [0.3, 0.4) is 0 Å². The third-order valence-corrected chi connectivity index (χ3v) is 2.17. The Morgan fingerprint density at radius 2 is 2.67 bits per heavy atom. The number of nitrogen functional groups attached to an aromatic ring is 1. The second-order valence-electron chi connectivity index (χ2n) is 3.07. The predicted octanol–water partition coefficient (Wildman–Crippen LogP) is 0.644. The van der Waals surface area contributed by atoms with E-state index in [2.05, 4.69) is 4.98 Å². The van der Waals surface area contributed by atoms with Crippen molar-refractivity contribution in [3.63, 3.8) is 0 Å². The summed E-state index contributed by atoms with van der Waals surface area (Å²) in [4.78, 5) is 3.94. The largest absolute Gasteiger partial charge is 0.376 e. The van der Waals surface area contributed by atoms with Crippen LogP contribution in [0.2, 0.25) is 0 Å². The quantitative estimate of drug-likeness (QED) is 0.703. The van der Waals surface area contributed by atoms with Crippen molar-refractivity contribution in [2.75, 3.05) is 12.3 Å². The monoisotopic (exact) mass is 167 g/mol. The molecule has 4 nitrogen and oxygen atoms in total. The van der Waals surface area contributed by atoms with E-state index in [4.69, 9.17) is 10.5 Å². The van der Waals surface area contributed by atoms with Gasteiger partial charge in [-0.1, -0.05) is 0 Å². The molecule has 1 aromatic heterocycles. The summed E-state index contributed by atoms with van der Waals surface area (Å²) in [6.45, 7) is 1.73. The van der Waals surface area contributed by atoms with Gasteiger partial charge in [-0.15, -0.1) is 0 Å². The number of imidazole rings is 1. The molecule has 2 rings (SSSR count). The van der Waals surface area contributed by atoms with E-state index in [9.17, 15) is 0 Å². The van der Waals surface area contributed by atoms with E-state index in [0.29, 0.717) is 12.1 Å². The fourth-order valence-corrected chi connectivity index (χ4v) is 1.50. The van der Waals surface area contributed by atoms with Crippen LogP contribution in [0.1, 0.15) is 12.8 Å². The smallest absolute Gasteiger partial charge is 0.200 e. The molecule has 0 aromatic carbocycles. The molecule has 66 valence electrons. The van der Waals surface area contributed by atoms with Crippen LogP contribution in [-0.2, 0) is 11.3 Å². The van der Waals surface area contributed by atoms with E-state index in [1.807, 2.05) is 10.8 Å². The van der Waals surface area contributed by atoms with Gasteiger partial charge >= 0.3 is 0 Å². The van der Waals surface area contributed by atoms with Gasteiger partial charge in [0.15, 0.2) is 5.95 Å². The van der Waals surface area contributed by atoms with Gasteiger partial charge < -0.3 is 15.0 Å². The molecule has 1 aliphatic rings. The zero-order valence-electron chi connectivity index (χ0n) is 6.94. The Bertz CT molecular complexity index is 253. The molecule has 1 unspecified atom stereocenters. The molecule has 0 amide bonds. The second-order valence-corrected chi connectivity index (χ2v) is 3.07. The van der Waals surface area contributed by atoms with Crippen molar-refractivity contribution in [1.29, 1.82) is 0 Å². The lowest BCUT2D eigenvalue weighted by Gasteiger charge is -2.10. The van der Waals surface area contributed by atoms with E-state index in [1.54, 1.807) is 6.20 Å². The van der Waals surface area contributed by atoms with Crippen LogP contribution < -0.4 is 5.73 Å². The Kier molecular flexibility index (Phi) is 1.99. The molecular formula is C8H13N3O. The van der Waals surface area contributed by atoms with Gasteiger partial charge in [0.2, 0.25) is 0 Å². The Morgan fingerprint density at radius 1 is 1.75 bits per heavy atom. The van der Waals surface area contributed by atoms with Gasteiger partial charge in [0, 0.05) is 19.0 Å². The maximum atomic E-state index is 5.61. The van der Waals surface area contributed by atoms with Crippen LogP contribution in [-0.4, -0.2) is 22.3 Å². The van der Waals surface area contributed by atoms with Crippen LogP contribution >= 0.6 is 0 Å². The Labute approximate surface area is 71.3 Å². The molecule has 0 saturated carbocycles. The fourth-order valence-electron chi connectivity index (χ4n) is 1.50. The predicted molar refractivity (Wildman–Crippen MR) is 45.6 cm³/mol. The SMILES string of the molecule is Nc1nccn1CC1CCCO1. The Morgan fingerprint density at radius 3 is 3.25 bits per heavy atom. The van der Waals surface area contributed by atoms with Gasteiger partial charge in [-0.05, 0) is 12.8 Å². The first-order valence-electron chi connectivity index (χ1n) is 4.24. The second kappa shape index (κ2) is 3.15. The molecule has 2 N–H and O–H groups in total. The Hall–Kier alpha value is -1.03. The Balaban J connectivity index is 1.98. The molecular weight excluding hydrogens is 154 g/mol. The minimum atomic E-state index is 0.335. The first kappa shape index (κ1) is 7.61. The van der Waals surface area contributed by atoms with Crippen LogP contribution in [0.15, 0.2) is 12.4 Å². The number of rotatable bonds is 2. The van der Waals surface area contributed by atoms with E-state index >= 15 is 0 Å². The lowest BCUT2D eigenvalue weighted by molar-refractivity contribution is 0.0975. The van der Waals surface area contributed by atoms with Gasteiger partial charge in [-0.3, -0.25) is 0 Å². The highest BCUT2D eigenvalue weighted by Gasteiger charge is 2.16. The van der Waals surface area contributed by atoms with Crippen molar-refractivity contribution in [1.82, 2.24) is 9.55 Å². The van der Waals surface area contributed by atoms with E-state index in [-0.39, 0.29) is 0 Å². The highest BCUT2D eigenvalue weighted by atomic mass is 16.5. The van der Waals surface area contributed by atoms with Crippen molar-refractivity contribution in [3.8, 4) is 0 Å². The first-order valence-corrected chi connectivity index (χ1v) is 4.24. The van der Waals surface area contributed by atoms with Crippen molar-refractivity contribution < 1.29 is 4.74 Å². The number of ether oxygens (including phenoxy) is 1. The third-order valence-electron chi connectivity index (χ3n) is 2.17. The summed E-state index contributed by atoms with van der Waals surface area (Å²) in [5.74, 6) is 0.575. The third kappa shape index (κ3) is 1.43. The molecule has 1 aliphatic heterocycles. The van der Waals surface area contributed by atoms with E-state index in [0.717, 1.165) is 19.6 Å². The van der Waals surface area contributed by atoms with Crippen LogP contribution in [0.25, 0.3) is 0 Å². The summed E-state index contributed by atoms with van der Waals surface area (Å²) in [6, 6.07) is 0. The minimum Gasteiger partial charge on any atom is -0.376 e. The van der Waals surface area contributed by atoms with Gasteiger partial charge in [-0.25, -0.2) is 4.98 Å². The highest BCUT2D eigenvalue weighted by molar-refractivity contribution is 5.16. The van der Waals surface area contributed by atoms with Crippen molar-refractivity contribution in [2.24, 2.45) is 0 Å². The first-order chi connectivity index (χ1) is 5.86. The molecule has 1 fully saturated rings. The van der Waals surface area contributed by atoms with E-state index in [1.165, 1.54) is 6.42 Å². The molecule has 0 bridgehead atoms. The van der Waals surface area contributed by atoms with Gasteiger partial charge in [0.25, 0.3) is 0 Å². The van der Waals surface area contributed by atoms with Crippen LogP contribution in [0.5, 0.6) is 0 Å². The average molecular weight is 167 g/mol. The van der Waals surface area contributed by atoms with Crippen molar-refractivity contribution in [3.05, 3.63) is 12.4 Å². The van der Waals surface area contributed by atoms with Gasteiger partial charge in [0.1, 0.15) is 0 Å². The fraction of sp³-hybridized carbons (Fsp3) is 0.625. The molecule has 1 saturated heterocycles. The number of anilines is 1. The lowest BCUT2D eigenvalue weighted by Crippen LogP contribution is -2.15. The molecule has 0 radical (unpaired) electrons. The summed E-state index contributed by atoms with van der Waals surface area (Å²) < 4.78 is 7.40. The molecule has 1 aromatic rings. The molecule has 12 heavy (non-hydrogen) atoms. The summed E-state index contributed by atoms with van der Waals surface area (Å²) in [5.41, 5.74) is 5.61. The molecule has 0 aliphatic carbocycles. The number of hydrogen-bond acceptors (Lipinski definition) is 3. The summed E-state index contributed by atoms with van der Waals surface area (Å²) >= 11 is 0. The van der Waals surface area contributed by atoms with Gasteiger partial charge in [-0.2, -0.15) is 0 Å². The molecule has 2 heterocycles. The van der Waals surface area contributed by atoms with Gasteiger partial charge in [0.05, 0.1) is 12.6 Å². The normalized spacial score (nSPS) is 23.2. The number of nitrogens with zero attached hydrogens (tertiary/aromatic N) is 2. The standard InChI is InChI=1S/C8H13N3O/c9-8-10-3-4-11(8)6-7-2-1-5-12-7/h3-4,7H,1-2,5-6H2,(H2,9,10). The summed E-state index contributed by atoms with van der Waals surface area (Å²) in [6.07, 6.45) is 6.24. The maximum absolute atomic E-state index is 5.61. The van der Waals surface area contributed by atoms with Crippen LogP contribution in [0, 0.1) is 0 Å². The number of aromatic nitrogens is 2. The maximum Gasteiger partial charge on any atom is 0.200 e. The average Bonchev–Trinajstić information content (AvgIpc) is 2.65. The topological polar surface area (TPSA) is 53.1 Å². The molecule has 1 atom stereocenters. The number of hydrogen-bond donors (Lipinski definition) is 1. The van der Waals surface area contributed by atoms with Crippen molar-refractivity contribution in [2.45, 2.75) is 25.5 Å². The zero-order chi connectivity index (χ0) is 8.39. The van der Waals surface area contributed by atoms with Crippen LogP contribution in [0.4, 0.5) is 5.95 Å². The van der Waals surface area contributed by atoms with E-state index < -0.39 is 0 Å². The highest BCUT2D eigenvalue weighted by Crippen LogP contribution is 2.14. The summed E-state index contributed by atoms with van der Waals surface area (Å²) in [7, 11) is 0. The minimum absolute atomic E-state index is 0.335. The molecule has 0 spiro atoms. The molecule has 4 heteroatoms. The van der Waals surface area contributed by atoms with Crippen molar-refractivity contribution >= 4 is 5.95 Å². The zero-order valence-corrected chi connectivity index (χ0v) is 6.94. The summed E-state index contributed by atoms with van der Waals surface area (Å²) in [5, 5.41) is 0.